The molecule has 0 aromatic heterocycles. The van der Waals surface area contributed by atoms with E-state index in [0.29, 0.717) is 4.32 Å². The molecule has 0 aliphatic heterocycles. The van der Waals surface area contributed by atoms with Gasteiger partial charge >= 0.3 is 0 Å². The summed E-state index contributed by atoms with van der Waals surface area (Å²) in [7, 11) is -5.96. The highest BCUT2D eigenvalue weighted by Crippen LogP contribution is 2.79. The van der Waals surface area contributed by atoms with Gasteiger partial charge in [0.15, 0.2) is 4.30 Å². The van der Waals surface area contributed by atoms with Gasteiger partial charge in [0.1, 0.15) is 32.3 Å². The molecule has 12 aromatic rings. The van der Waals surface area contributed by atoms with Gasteiger partial charge in [-0.2, -0.15) is 0 Å². The van der Waals surface area contributed by atoms with Crippen molar-refractivity contribution < 1.29 is 0 Å². The molecule has 16 aliphatic rings. The molecule has 0 spiro atoms. The monoisotopic (exact) mass is 2540 g/mol. The number of benzene rings is 12. The van der Waals surface area contributed by atoms with Crippen molar-refractivity contribution in [2.45, 2.75) is 306 Å². The molecule has 0 radical (unpaired) electrons. The van der Waals surface area contributed by atoms with Crippen LogP contribution in [0.15, 0.2) is 315 Å². The van der Waals surface area contributed by atoms with Crippen LogP contribution in [0.2, 0.25) is 78.6 Å². The van der Waals surface area contributed by atoms with Crippen molar-refractivity contribution in [2.24, 2.45) is 17.8 Å². The zero-order valence-corrected chi connectivity index (χ0v) is 103. The number of alkyl halides is 4. The number of hydrogen-bond acceptors (Lipinski definition) is 0. The van der Waals surface area contributed by atoms with Crippen molar-refractivity contribution in [3.8, 4) is 45.9 Å². The zero-order valence-electron chi connectivity index (χ0n) is 86.8. The average molecular weight is 2540 g/mol. The first-order valence-corrected chi connectivity index (χ1v) is 73.7. The van der Waals surface area contributed by atoms with Gasteiger partial charge in [-0.15, -0.1) is 22.2 Å². The number of halogens is 8. The zero-order chi connectivity index (χ0) is 102. The van der Waals surface area contributed by atoms with Crippen molar-refractivity contribution >= 4 is 173 Å². The summed E-state index contributed by atoms with van der Waals surface area (Å²) < 4.78 is 5.15. The Bertz CT molecular complexity index is 6020. The van der Waals surface area contributed by atoms with Crippen molar-refractivity contribution in [1.29, 1.82) is 0 Å². The van der Waals surface area contributed by atoms with Crippen LogP contribution in [-0.2, 0) is 65.0 Å². The Morgan fingerprint density at radius 1 is 0.214 bits per heavy atom. The lowest BCUT2D eigenvalue weighted by Crippen LogP contribution is -2.67. The maximum atomic E-state index is 4.81. The van der Waals surface area contributed by atoms with Crippen LogP contribution in [0.5, 0.6) is 0 Å². The van der Waals surface area contributed by atoms with Crippen LogP contribution >= 0.6 is 141 Å². The highest BCUT2D eigenvalue weighted by molar-refractivity contribution is 14.1. The molecule has 0 atom stereocenters. The maximum Gasteiger partial charge on any atom is 0.180 e. The van der Waals surface area contributed by atoms with E-state index >= 15 is 0 Å². The number of rotatable bonds is 12. The summed E-state index contributed by atoms with van der Waals surface area (Å²) in [4.78, 5) is 0. The first kappa shape index (κ1) is 106. The fourth-order valence-corrected chi connectivity index (χ4v) is 37.5. The summed E-state index contributed by atoms with van der Waals surface area (Å²) in [5.74, 6) is 17.5. The van der Waals surface area contributed by atoms with Crippen LogP contribution in [0.4, 0.5) is 0 Å². The molecular weight excluding hydrogens is 2400 g/mol. The topological polar surface area (TPSA) is 0 Å². The molecule has 145 heavy (non-hydrogen) atoms. The van der Waals surface area contributed by atoms with Crippen molar-refractivity contribution in [3.63, 3.8) is 0 Å². The van der Waals surface area contributed by atoms with Gasteiger partial charge in [0.25, 0.3) is 0 Å². The Hall–Kier alpha value is -5.98. The van der Waals surface area contributed by atoms with E-state index in [-0.39, 0.29) is 65.0 Å². The number of hydrogen-bond donors (Lipinski definition) is 0. The molecule has 0 saturated heterocycles. The molecule has 12 heteroatoms. The standard InChI is InChI=1S/C54H64Si4.C34H28I4.C34H32.C10H15Br.CHCl3/c1-55(2,3)33-29-43-13-21-47(22-14-43)51-37-52(48-23-15-44(16-24-48)30-34-56(4,5)6)40-53(38-51,49-25-17-45(18-26-49)31-35-57(7,8)9)42-54(39-51,41-52)50-27-19-46(20-28-50)32-36-58(10,11)12;35-27-9-1-23(2-10-27)31-17-32(24-3-11-28(36)12-4-24)20-33(18-31,25-5-13-29(37)14-6-25)22-34(19-31,21-32)26-7-15-30(38)16-8-26;1-5-13-27(14-6-1)31-21-32(28-15-7-2-8-16-28)24-33(22-31,29-17-9-3-10-18-29)26-34(23-31,25-32)30-19-11-4-12-20-30;11-10-4-7-1-8(5-10)3-9(2-7)6-10;2-1(3)4/h13-28H,37-42H2,1-12H3;1-16H,17-22H2;1-20H,21-26H2;7-9H,1-6H2;1H. The van der Waals surface area contributed by atoms with E-state index in [0.717, 1.165) is 78.5 Å². The molecule has 16 aliphatic carbocycles. The molecule has 16 fully saturated rings. The van der Waals surface area contributed by atoms with Gasteiger partial charge in [0, 0.05) is 40.9 Å². The lowest BCUT2D eigenvalue weighted by molar-refractivity contribution is -0.0694. The first-order chi connectivity index (χ1) is 68.8. The molecular formula is C133H140BrCl3I4Si4. The van der Waals surface area contributed by atoms with Gasteiger partial charge < -0.3 is 0 Å². The predicted octanol–water partition coefficient (Wildman–Crippen LogP) is 37.0. The predicted molar refractivity (Wildman–Crippen MR) is 663 cm³/mol. The second kappa shape index (κ2) is 40.8. The first-order valence-electron chi connectivity index (χ1n) is 53.3. The third kappa shape index (κ3) is 22.5. The van der Waals surface area contributed by atoms with Crippen LogP contribution in [0.1, 0.15) is 243 Å². The molecule has 0 unspecified atom stereocenters. The molecule has 28 rings (SSSR count). The average Bonchev–Trinajstić information content (AvgIpc) is 0.669. The normalized spacial score (nSPS) is 30.9. The molecule has 16 bridgehead atoms. The van der Waals surface area contributed by atoms with Crippen LogP contribution in [0.3, 0.4) is 0 Å². The fraction of sp³-hybridized carbons (Fsp3) is 0.398. The van der Waals surface area contributed by atoms with Crippen molar-refractivity contribution in [3.05, 3.63) is 419 Å². The second-order valence-corrected chi connectivity index (χ2v) is 79.3. The minimum atomic E-state index is -1.49. The van der Waals surface area contributed by atoms with E-state index in [2.05, 4.69) is 546 Å². The molecule has 0 heterocycles. The molecule has 16 saturated carbocycles. The largest absolute Gasteiger partial charge is 0.180 e. The minimum Gasteiger partial charge on any atom is -0.127 e. The van der Waals surface area contributed by atoms with Gasteiger partial charge in [-0.25, -0.2) is 0 Å². The van der Waals surface area contributed by atoms with E-state index in [1.807, 2.05) is 0 Å². The molecule has 0 N–H and O–H groups in total. The summed E-state index contributed by atoms with van der Waals surface area (Å²) in [5.41, 5.74) is 38.7. The van der Waals surface area contributed by atoms with Gasteiger partial charge in [-0.1, -0.05) is 371 Å². The third-order valence-electron chi connectivity index (χ3n) is 35.8. The summed E-state index contributed by atoms with van der Waals surface area (Å²) in [6.07, 6.45) is 31.1. The van der Waals surface area contributed by atoms with Gasteiger partial charge in [0.05, 0.1) is 0 Å². The lowest BCUT2D eigenvalue weighted by atomic mass is 9.32. The van der Waals surface area contributed by atoms with Crippen LogP contribution in [0, 0.1) is 77.9 Å². The summed E-state index contributed by atoms with van der Waals surface area (Å²) in [6, 6.07) is 123. The minimum absolute atomic E-state index is 0.00240. The Balaban J connectivity index is 0.000000127. The van der Waals surface area contributed by atoms with Gasteiger partial charge in [-0.3, -0.25) is 0 Å². The summed E-state index contributed by atoms with van der Waals surface area (Å²) in [6.45, 7) is 27.9. The Morgan fingerprint density at radius 3 is 0.462 bits per heavy atom. The summed E-state index contributed by atoms with van der Waals surface area (Å²) >= 11 is 28.2. The Labute approximate surface area is 951 Å². The van der Waals surface area contributed by atoms with E-state index in [9.17, 15) is 0 Å². The SMILES string of the molecule is BrC12CC3CC(CC(C3)C1)C2.C[Si](C)(C)C#Cc1ccc(C23CC4(c5ccc(C#C[Si](C)(C)C)cc5)CC(c5ccc(C#C[Si](C)(C)C)cc5)(C2)CC(c2ccc(C#C[Si](C)(C)C)cc2)(C3)C4)cc1.ClC(Cl)Cl.Ic1ccc(C23CC4(c5ccc(I)cc5)CC(c5ccc(I)cc5)(C2)CC(c2ccc(I)cc2)(C3)C4)cc1.c1ccc(C23CC4(c5ccccc5)CC(c5ccccc5)(C2)CC(c2ccccc2)(C3)C4)cc1. The van der Waals surface area contributed by atoms with E-state index < -0.39 is 36.6 Å². The highest BCUT2D eigenvalue weighted by atomic mass is 127. The van der Waals surface area contributed by atoms with E-state index in [4.69, 9.17) is 34.8 Å². The molecule has 0 amide bonds. The van der Waals surface area contributed by atoms with Crippen LogP contribution in [0.25, 0.3) is 0 Å². The quantitative estimate of drug-likeness (QED) is 0.0495. The van der Waals surface area contributed by atoms with Crippen LogP contribution in [-0.4, -0.2) is 40.9 Å². The molecule has 0 nitrogen and oxygen atoms in total. The third-order valence-corrected chi connectivity index (χ3v) is 43.2. The van der Waals surface area contributed by atoms with E-state index in [1.54, 1.807) is 63.8 Å². The van der Waals surface area contributed by atoms with Crippen LogP contribution < -0.4 is 0 Å². The van der Waals surface area contributed by atoms with Crippen molar-refractivity contribution in [1.82, 2.24) is 0 Å². The fourth-order valence-electron chi connectivity index (χ4n) is 32.6. The molecule has 744 valence electrons. The Kier molecular flexibility index (Phi) is 29.8. The highest BCUT2D eigenvalue weighted by Gasteiger charge is 2.73. The smallest absolute Gasteiger partial charge is 0.127 e. The van der Waals surface area contributed by atoms with E-state index in [1.165, 1.54) is 133 Å². The molecule has 12 aromatic carbocycles. The summed E-state index contributed by atoms with van der Waals surface area (Å²) in [5, 5.41) is 0. The second-order valence-electron chi connectivity index (χ2n) is 51.7. The van der Waals surface area contributed by atoms with Gasteiger partial charge in [0.2, 0.25) is 0 Å². The van der Waals surface area contributed by atoms with Gasteiger partial charge in [-0.05, 0) is 491 Å². The van der Waals surface area contributed by atoms with Crippen molar-refractivity contribution in [2.75, 3.05) is 0 Å². The maximum absolute atomic E-state index is 4.81. The lowest BCUT2D eigenvalue weighted by Gasteiger charge is -2.71. The Morgan fingerprint density at radius 2 is 0.338 bits per heavy atom.